The van der Waals surface area contributed by atoms with Crippen LogP contribution in [0.1, 0.15) is 32.8 Å². The van der Waals surface area contributed by atoms with Crippen molar-refractivity contribution in [3.63, 3.8) is 0 Å². The quantitative estimate of drug-likeness (QED) is 0.636. The molecule has 0 radical (unpaired) electrons. The molecule has 1 unspecified atom stereocenters. The van der Waals surface area contributed by atoms with Crippen LogP contribution in [-0.4, -0.2) is 66.2 Å². The number of rotatable bonds is 11. The van der Waals surface area contributed by atoms with E-state index >= 15 is 0 Å². The van der Waals surface area contributed by atoms with Crippen LogP contribution in [0.15, 0.2) is 18.2 Å². The Labute approximate surface area is 160 Å². The number of amides is 1. The van der Waals surface area contributed by atoms with Crippen LogP contribution in [0.4, 0.5) is 0 Å². The molecule has 1 aromatic rings. The second-order valence-corrected chi connectivity index (χ2v) is 6.60. The Kier molecular flexibility index (Phi) is 7.91. The second kappa shape index (κ2) is 10.2. The highest BCUT2D eigenvalue weighted by Crippen LogP contribution is 2.30. The van der Waals surface area contributed by atoms with Crippen LogP contribution in [-0.2, 0) is 16.1 Å². The molecule has 0 aromatic heterocycles. The summed E-state index contributed by atoms with van der Waals surface area (Å²) in [6.07, 6.45) is 0.0696. The molecule has 1 aliphatic heterocycles. The van der Waals surface area contributed by atoms with Gasteiger partial charge in [0, 0.05) is 26.1 Å². The molecular formula is C20H30N2O5. The molecule has 0 bridgehead atoms. The fourth-order valence-electron chi connectivity index (χ4n) is 3.17. The van der Waals surface area contributed by atoms with E-state index in [4.69, 9.17) is 14.6 Å². The second-order valence-electron chi connectivity index (χ2n) is 6.60. The highest BCUT2D eigenvalue weighted by atomic mass is 16.5. The zero-order valence-corrected chi connectivity index (χ0v) is 16.4. The van der Waals surface area contributed by atoms with Crippen LogP contribution < -0.4 is 9.47 Å². The lowest BCUT2D eigenvalue weighted by Crippen LogP contribution is -2.28. The van der Waals surface area contributed by atoms with Crippen molar-refractivity contribution in [2.75, 3.05) is 39.4 Å². The number of carbonyl (C=O) groups is 2. The number of likely N-dealkylation sites (N-methyl/N-ethyl adjacent to an activating group) is 1. The summed E-state index contributed by atoms with van der Waals surface area (Å²) in [4.78, 5) is 27.0. The van der Waals surface area contributed by atoms with Crippen LogP contribution in [0.2, 0.25) is 0 Å². The fourth-order valence-corrected chi connectivity index (χ4v) is 3.17. The van der Waals surface area contributed by atoms with Crippen molar-refractivity contribution >= 4 is 11.9 Å². The minimum Gasteiger partial charge on any atom is -0.490 e. The van der Waals surface area contributed by atoms with E-state index in [1.807, 2.05) is 25.1 Å². The molecule has 7 heteroatoms. The van der Waals surface area contributed by atoms with Gasteiger partial charge in [0.2, 0.25) is 5.91 Å². The van der Waals surface area contributed by atoms with Crippen LogP contribution in [0.3, 0.4) is 0 Å². The molecule has 1 amide bonds. The maximum atomic E-state index is 12.0. The van der Waals surface area contributed by atoms with E-state index in [0.29, 0.717) is 31.3 Å². The number of hydrogen-bond acceptors (Lipinski definition) is 5. The van der Waals surface area contributed by atoms with Crippen molar-refractivity contribution in [2.24, 2.45) is 5.92 Å². The van der Waals surface area contributed by atoms with Crippen molar-refractivity contribution in [2.45, 2.75) is 33.7 Å². The molecule has 7 nitrogen and oxygen atoms in total. The lowest BCUT2D eigenvalue weighted by molar-refractivity contribution is -0.141. The lowest BCUT2D eigenvalue weighted by Gasteiger charge is -2.20. The van der Waals surface area contributed by atoms with E-state index in [2.05, 4.69) is 18.7 Å². The number of ether oxygens (including phenoxy) is 2. The van der Waals surface area contributed by atoms with E-state index in [-0.39, 0.29) is 18.9 Å². The van der Waals surface area contributed by atoms with Gasteiger partial charge in [-0.1, -0.05) is 19.9 Å². The lowest BCUT2D eigenvalue weighted by atomic mass is 10.1. The number of carboxylic acid groups (broad SMARTS) is 1. The zero-order chi connectivity index (χ0) is 19.8. The number of aliphatic carboxylic acids is 1. The van der Waals surface area contributed by atoms with Crippen LogP contribution in [0.5, 0.6) is 11.5 Å². The summed E-state index contributed by atoms with van der Waals surface area (Å²) in [6.45, 7) is 10.7. The van der Waals surface area contributed by atoms with Gasteiger partial charge in [-0.25, -0.2) is 0 Å². The van der Waals surface area contributed by atoms with Crippen LogP contribution in [0, 0.1) is 5.92 Å². The first-order valence-corrected chi connectivity index (χ1v) is 9.59. The van der Waals surface area contributed by atoms with Crippen LogP contribution in [0.25, 0.3) is 0 Å². The summed E-state index contributed by atoms with van der Waals surface area (Å²) < 4.78 is 11.6. The third-order valence-electron chi connectivity index (χ3n) is 4.80. The standard InChI is InChI=1S/C20H30N2O5/c1-4-21(5-2)9-10-27-17-8-7-15(11-18(17)26-6-3)13-22-14-16(20(24)25)12-19(22)23/h7-8,11,16H,4-6,9-10,12-14H2,1-3H3,(H,24,25). The van der Waals surface area contributed by atoms with Gasteiger partial charge in [-0.2, -0.15) is 0 Å². The molecule has 0 aliphatic carbocycles. The molecule has 1 atom stereocenters. The predicted molar refractivity (Wildman–Crippen MR) is 102 cm³/mol. The zero-order valence-electron chi connectivity index (χ0n) is 16.4. The third-order valence-corrected chi connectivity index (χ3v) is 4.80. The molecule has 150 valence electrons. The average molecular weight is 378 g/mol. The molecule has 0 spiro atoms. The Bertz CT molecular complexity index is 645. The SMILES string of the molecule is CCOc1cc(CN2CC(C(=O)O)CC2=O)ccc1OCCN(CC)CC. The molecule has 2 rings (SSSR count). The smallest absolute Gasteiger partial charge is 0.308 e. The first-order valence-electron chi connectivity index (χ1n) is 9.59. The van der Waals surface area contributed by atoms with Crippen molar-refractivity contribution in [3.05, 3.63) is 23.8 Å². The van der Waals surface area contributed by atoms with Gasteiger partial charge in [-0.15, -0.1) is 0 Å². The maximum absolute atomic E-state index is 12.0. The van der Waals surface area contributed by atoms with Crippen molar-refractivity contribution < 1.29 is 24.2 Å². The topological polar surface area (TPSA) is 79.3 Å². The number of carbonyl (C=O) groups excluding carboxylic acids is 1. The molecule has 27 heavy (non-hydrogen) atoms. The summed E-state index contributed by atoms with van der Waals surface area (Å²) in [7, 11) is 0. The highest BCUT2D eigenvalue weighted by molar-refractivity contribution is 5.86. The minimum atomic E-state index is -0.919. The van der Waals surface area contributed by atoms with Gasteiger partial charge in [-0.3, -0.25) is 9.59 Å². The number of carboxylic acids is 1. The summed E-state index contributed by atoms with van der Waals surface area (Å²) >= 11 is 0. The first kappa shape index (κ1) is 21.0. The Morgan fingerprint density at radius 3 is 2.56 bits per heavy atom. The summed E-state index contributed by atoms with van der Waals surface area (Å²) in [6, 6.07) is 5.63. The fraction of sp³-hybridized carbons (Fsp3) is 0.600. The number of likely N-dealkylation sites (tertiary alicyclic amines) is 1. The first-order chi connectivity index (χ1) is 13.0. The molecule has 1 saturated heterocycles. The Balaban J connectivity index is 2.01. The van der Waals surface area contributed by atoms with Gasteiger partial charge in [-0.05, 0) is 37.7 Å². The molecular weight excluding hydrogens is 348 g/mol. The van der Waals surface area contributed by atoms with E-state index in [1.54, 1.807) is 4.90 Å². The molecule has 1 fully saturated rings. The van der Waals surface area contributed by atoms with Gasteiger partial charge in [0.15, 0.2) is 11.5 Å². The predicted octanol–water partition coefficient (Wildman–Crippen LogP) is 2.24. The molecule has 1 heterocycles. The van der Waals surface area contributed by atoms with Crippen LogP contribution >= 0.6 is 0 Å². The van der Waals surface area contributed by atoms with E-state index < -0.39 is 11.9 Å². The normalized spacial score (nSPS) is 16.8. The monoisotopic (exact) mass is 378 g/mol. The largest absolute Gasteiger partial charge is 0.490 e. The van der Waals surface area contributed by atoms with Gasteiger partial charge < -0.3 is 24.4 Å². The Hall–Kier alpha value is -2.28. The number of benzene rings is 1. The minimum absolute atomic E-state index is 0.0696. The van der Waals surface area contributed by atoms with E-state index in [0.717, 1.165) is 25.2 Å². The van der Waals surface area contributed by atoms with E-state index in [9.17, 15) is 9.59 Å². The highest BCUT2D eigenvalue weighted by Gasteiger charge is 2.34. The average Bonchev–Trinajstić information content (AvgIpc) is 3.01. The number of nitrogens with zero attached hydrogens (tertiary/aromatic N) is 2. The van der Waals surface area contributed by atoms with Gasteiger partial charge in [0.25, 0.3) is 0 Å². The van der Waals surface area contributed by atoms with Gasteiger partial charge in [0.05, 0.1) is 12.5 Å². The van der Waals surface area contributed by atoms with Crippen molar-refractivity contribution in [1.29, 1.82) is 0 Å². The molecule has 0 saturated carbocycles. The molecule has 1 aromatic carbocycles. The number of hydrogen-bond donors (Lipinski definition) is 1. The Morgan fingerprint density at radius 2 is 1.96 bits per heavy atom. The molecule has 1 aliphatic rings. The summed E-state index contributed by atoms with van der Waals surface area (Å²) in [5.41, 5.74) is 0.897. The third kappa shape index (κ3) is 5.85. The van der Waals surface area contributed by atoms with Crippen molar-refractivity contribution in [1.82, 2.24) is 9.80 Å². The summed E-state index contributed by atoms with van der Waals surface area (Å²) in [5, 5.41) is 9.10. The molecule has 1 N–H and O–H groups in total. The van der Waals surface area contributed by atoms with Gasteiger partial charge >= 0.3 is 5.97 Å². The van der Waals surface area contributed by atoms with E-state index in [1.165, 1.54) is 0 Å². The van der Waals surface area contributed by atoms with Gasteiger partial charge in [0.1, 0.15) is 6.61 Å². The maximum Gasteiger partial charge on any atom is 0.308 e. The summed E-state index contributed by atoms with van der Waals surface area (Å²) in [5.74, 6) is -0.329. The Morgan fingerprint density at radius 1 is 1.22 bits per heavy atom. The van der Waals surface area contributed by atoms with Crippen molar-refractivity contribution in [3.8, 4) is 11.5 Å².